The number of imide groups is 1. The Morgan fingerprint density at radius 2 is 1.75 bits per heavy atom. The van der Waals surface area contributed by atoms with E-state index in [0.717, 1.165) is 29.2 Å². The molecule has 0 bridgehead atoms. The standard InChI is InChI=1S/C24H28N4O4/c1-24(12-11-18-5-3-2-4-6-18)22(30)28(23(31)26-24)17-21(29)25-19-7-9-20(10-8-19)27-13-15-32-16-14-27/h2-10H,11-17H2,1H3,(H,25,29)(H,26,31)/t24-/m1/s1. The second kappa shape index (κ2) is 9.40. The van der Waals surface area contributed by atoms with Gasteiger partial charge in [-0.1, -0.05) is 30.3 Å². The minimum Gasteiger partial charge on any atom is -0.378 e. The van der Waals surface area contributed by atoms with Gasteiger partial charge >= 0.3 is 6.03 Å². The van der Waals surface area contributed by atoms with Crippen molar-refractivity contribution in [3.05, 3.63) is 60.2 Å². The van der Waals surface area contributed by atoms with E-state index < -0.39 is 17.5 Å². The van der Waals surface area contributed by atoms with Crippen molar-refractivity contribution in [3.8, 4) is 0 Å². The molecule has 1 atom stereocenters. The zero-order chi connectivity index (χ0) is 22.6. The fourth-order valence-corrected chi connectivity index (χ4v) is 4.02. The first kappa shape index (κ1) is 21.8. The maximum absolute atomic E-state index is 12.9. The molecule has 32 heavy (non-hydrogen) atoms. The molecular formula is C24H28N4O4. The Hall–Kier alpha value is -3.39. The van der Waals surface area contributed by atoms with E-state index in [4.69, 9.17) is 4.74 Å². The molecule has 2 aliphatic rings. The summed E-state index contributed by atoms with van der Waals surface area (Å²) in [6.45, 7) is 4.46. The first-order valence-electron chi connectivity index (χ1n) is 10.9. The van der Waals surface area contributed by atoms with Gasteiger partial charge in [-0.25, -0.2) is 4.79 Å². The summed E-state index contributed by atoms with van der Waals surface area (Å²) in [4.78, 5) is 41.1. The number of hydrogen-bond acceptors (Lipinski definition) is 5. The lowest BCUT2D eigenvalue weighted by atomic mass is 9.93. The van der Waals surface area contributed by atoms with Crippen LogP contribution in [0.25, 0.3) is 0 Å². The van der Waals surface area contributed by atoms with Gasteiger partial charge in [0.25, 0.3) is 5.91 Å². The number of morpholine rings is 1. The van der Waals surface area contributed by atoms with Crippen molar-refractivity contribution in [1.82, 2.24) is 10.2 Å². The van der Waals surface area contributed by atoms with Crippen LogP contribution in [0.2, 0.25) is 0 Å². The number of amides is 4. The Kier molecular flexibility index (Phi) is 6.41. The lowest BCUT2D eigenvalue weighted by molar-refractivity contribution is -0.133. The molecule has 0 spiro atoms. The van der Waals surface area contributed by atoms with E-state index in [0.29, 0.717) is 31.7 Å². The van der Waals surface area contributed by atoms with Crippen LogP contribution in [0.3, 0.4) is 0 Å². The number of urea groups is 1. The molecular weight excluding hydrogens is 408 g/mol. The van der Waals surface area contributed by atoms with Crippen LogP contribution in [-0.4, -0.2) is 61.1 Å². The summed E-state index contributed by atoms with van der Waals surface area (Å²) in [5, 5.41) is 5.52. The highest BCUT2D eigenvalue weighted by Crippen LogP contribution is 2.24. The summed E-state index contributed by atoms with van der Waals surface area (Å²) in [5.41, 5.74) is 1.75. The Balaban J connectivity index is 1.32. The third kappa shape index (κ3) is 4.91. The molecule has 0 unspecified atom stereocenters. The van der Waals surface area contributed by atoms with Crippen LogP contribution >= 0.6 is 0 Å². The number of carbonyl (C=O) groups is 3. The fourth-order valence-electron chi connectivity index (χ4n) is 4.02. The van der Waals surface area contributed by atoms with E-state index in [9.17, 15) is 14.4 Å². The van der Waals surface area contributed by atoms with Gasteiger partial charge in [-0.05, 0) is 49.6 Å². The van der Waals surface area contributed by atoms with Gasteiger partial charge < -0.3 is 20.3 Å². The van der Waals surface area contributed by atoms with E-state index in [1.807, 2.05) is 54.6 Å². The van der Waals surface area contributed by atoms with Crippen LogP contribution in [0.1, 0.15) is 18.9 Å². The number of nitrogens with one attached hydrogen (secondary N) is 2. The molecule has 2 saturated heterocycles. The van der Waals surface area contributed by atoms with E-state index in [-0.39, 0.29) is 12.5 Å². The molecule has 2 aliphatic heterocycles. The smallest absolute Gasteiger partial charge is 0.325 e. The van der Waals surface area contributed by atoms with Crippen molar-refractivity contribution >= 4 is 29.2 Å². The number of ether oxygens (including phenoxy) is 1. The molecule has 2 aromatic carbocycles. The predicted molar refractivity (Wildman–Crippen MR) is 122 cm³/mol. The summed E-state index contributed by atoms with van der Waals surface area (Å²) < 4.78 is 5.37. The number of carbonyl (C=O) groups excluding carboxylic acids is 3. The lowest BCUT2D eigenvalue weighted by Gasteiger charge is -2.28. The highest BCUT2D eigenvalue weighted by molar-refractivity contribution is 6.09. The number of hydrogen-bond donors (Lipinski definition) is 2. The SMILES string of the molecule is C[C@]1(CCc2ccccc2)NC(=O)N(CC(=O)Nc2ccc(N3CCOCC3)cc2)C1=O. The van der Waals surface area contributed by atoms with Gasteiger partial charge in [-0.2, -0.15) is 0 Å². The monoisotopic (exact) mass is 436 g/mol. The Labute approximate surface area is 187 Å². The molecule has 8 heteroatoms. The molecule has 0 aromatic heterocycles. The topological polar surface area (TPSA) is 91.0 Å². The molecule has 8 nitrogen and oxygen atoms in total. The minimum absolute atomic E-state index is 0.323. The Bertz CT molecular complexity index is 973. The van der Waals surface area contributed by atoms with Crippen LogP contribution < -0.4 is 15.5 Å². The molecule has 168 valence electrons. The zero-order valence-corrected chi connectivity index (χ0v) is 18.2. The zero-order valence-electron chi connectivity index (χ0n) is 18.2. The first-order chi connectivity index (χ1) is 15.4. The molecule has 2 heterocycles. The Morgan fingerprint density at radius 3 is 2.44 bits per heavy atom. The summed E-state index contributed by atoms with van der Waals surface area (Å²) in [6.07, 6.45) is 1.11. The maximum Gasteiger partial charge on any atom is 0.325 e. The second-order valence-corrected chi connectivity index (χ2v) is 8.33. The molecule has 2 N–H and O–H groups in total. The van der Waals surface area contributed by atoms with Gasteiger partial charge in [0.2, 0.25) is 5.91 Å². The van der Waals surface area contributed by atoms with Crippen LogP contribution in [0.15, 0.2) is 54.6 Å². The van der Waals surface area contributed by atoms with Gasteiger partial charge in [0.1, 0.15) is 12.1 Å². The largest absolute Gasteiger partial charge is 0.378 e. The van der Waals surface area contributed by atoms with Crippen molar-refractivity contribution in [2.24, 2.45) is 0 Å². The van der Waals surface area contributed by atoms with E-state index in [2.05, 4.69) is 15.5 Å². The third-order valence-electron chi connectivity index (χ3n) is 5.93. The second-order valence-electron chi connectivity index (χ2n) is 8.33. The van der Waals surface area contributed by atoms with E-state index in [1.54, 1.807) is 6.92 Å². The number of benzene rings is 2. The fraction of sp³-hybridized carbons (Fsp3) is 0.375. The summed E-state index contributed by atoms with van der Waals surface area (Å²) in [7, 11) is 0. The number of aryl methyl sites for hydroxylation is 1. The van der Waals surface area contributed by atoms with Gasteiger partial charge in [0.05, 0.1) is 13.2 Å². The molecule has 2 fully saturated rings. The molecule has 0 aliphatic carbocycles. The van der Waals surface area contributed by atoms with Crippen molar-refractivity contribution in [3.63, 3.8) is 0 Å². The van der Waals surface area contributed by atoms with Crippen molar-refractivity contribution < 1.29 is 19.1 Å². The molecule has 0 radical (unpaired) electrons. The van der Waals surface area contributed by atoms with Crippen molar-refractivity contribution in [2.45, 2.75) is 25.3 Å². The maximum atomic E-state index is 12.9. The van der Waals surface area contributed by atoms with Gasteiger partial charge in [0.15, 0.2) is 0 Å². The number of rotatable bonds is 7. The molecule has 4 amide bonds. The summed E-state index contributed by atoms with van der Waals surface area (Å²) >= 11 is 0. The number of nitrogens with zero attached hydrogens (tertiary/aromatic N) is 2. The Morgan fingerprint density at radius 1 is 1.06 bits per heavy atom. The highest BCUT2D eigenvalue weighted by Gasteiger charge is 2.47. The highest BCUT2D eigenvalue weighted by atomic mass is 16.5. The van der Waals surface area contributed by atoms with E-state index >= 15 is 0 Å². The quantitative estimate of drug-likeness (QED) is 0.651. The average molecular weight is 437 g/mol. The van der Waals surface area contributed by atoms with E-state index in [1.165, 1.54) is 0 Å². The third-order valence-corrected chi connectivity index (χ3v) is 5.93. The molecule has 2 aromatic rings. The minimum atomic E-state index is -1.02. The van der Waals surface area contributed by atoms with Crippen LogP contribution in [-0.2, 0) is 20.7 Å². The summed E-state index contributed by atoms with van der Waals surface area (Å²) in [6, 6.07) is 16.8. The predicted octanol–water partition coefficient (Wildman–Crippen LogP) is 2.41. The van der Waals surface area contributed by atoms with Crippen molar-refractivity contribution in [2.75, 3.05) is 43.1 Å². The number of anilines is 2. The molecule has 4 rings (SSSR count). The van der Waals surface area contributed by atoms with Crippen LogP contribution in [0.4, 0.5) is 16.2 Å². The lowest BCUT2D eigenvalue weighted by Crippen LogP contribution is -2.45. The normalized spacial score (nSPS) is 20.9. The average Bonchev–Trinajstić information content (AvgIpc) is 3.03. The van der Waals surface area contributed by atoms with Crippen LogP contribution in [0, 0.1) is 0 Å². The first-order valence-corrected chi connectivity index (χ1v) is 10.9. The van der Waals surface area contributed by atoms with Crippen molar-refractivity contribution in [1.29, 1.82) is 0 Å². The van der Waals surface area contributed by atoms with Gasteiger partial charge in [-0.3, -0.25) is 14.5 Å². The summed E-state index contributed by atoms with van der Waals surface area (Å²) in [5.74, 6) is -0.795. The van der Waals surface area contributed by atoms with Crippen LogP contribution in [0.5, 0.6) is 0 Å². The van der Waals surface area contributed by atoms with Gasteiger partial charge in [0, 0.05) is 24.5 Å². The molecule has 0 saturated carbocycles. The van der Waals surface area contributed by atoms with Gasteiger partial charge in [-0.15, -0.1) is 0 Å².